The third kappa shape index (κ3) is 3.68. The molecular formula is C21H17N3O5. The van der Waals surface area contributed by atoms with Crippen LogP contribution in [0.5, 0.6) is 11.5 Å². The van der Waals surface area contributed by atoms with E-state index in [0.717, 1.165) is 0 Å². The second-order valence-corrected chi connectivity index (χ2v) is 5.97. The number of hydrogen-bond acceptors (Lipinski definition) is 7. The number of ether oxygens (including phenoxy) is 2. The van der Waals surface area contributed by atoms with Crippen LogP contribution in [0, 0.1) is 0 Å². The Morgan fingerprint density at radius 1 is 1.00 bits per heavy atom. The lowest BCUT2D eigenvalue weighted by Gasteiger charge is -2.07. The summed E-state index contributed by atoms with van der Waals surface area (Å²) in [4.78, 5) is 16.8. The van der Waals surface area contributed by atoms with Crippen molar-refractivity contribution in [2.24, 2.45) is 0 Å². The van der Waals surface area contributed by atoms with Crippen molar-refractivity contribution in [1.29, 1.82) is 0 Å². The Hall–Kier alpha value is -4.07. The van der Waals surface area contributed by atoms with Crippen LogP contribution in [0.4, 0.5) is 5.69 Å². The summed E-state index contributed by atoms with van der Waals surface area (Å²) in [7, 11) is 3.12. The van der Waals surface area contributed by atoms with Gasteiger partial charge < -0.3 is 23.7 Å². The highest BCUT2D eigenvalue weighted by atomic mass is 16.5. The normalized spacial score (nSPS) is 10.6. The van der Waals surface area contributed by atoms with Gasteiger partial charge in [-0.2, -0.15) is 4.98 Å². The lowest BCUT2D eigenvalue weighted by atomic mass is 10.1. The zero-order chi connectivity index (χ0) is 20.2. The lowest BCUT2D eigenvalue weighted by Crippen LogP contribution is -2.11. The molecule has 0 unspecified atom stereocenters. The molecule has 1 amide bonds. The summed E-state index contributed by atoms with van der Waals surface area (Å²) in [5.41, 5.74) is 1.82. The van der Waals surface area contributed by atoms with Gasteiger partial charge in [0.2, 0.25) is 5.82 Å². The van der Waals surface area contributed by atoms with Crippen molar-refractivity contribution < 1.29 is 23.2 Å². The highest BCUT2D eigenvalue weighted by molar-refractivity contribution is 6.04. The largest absolute Gasteiger partial charge is 0.493 e. The molecule has 8 heteroatoms. The van der Waals surface area contributed by atoms with Gasteiger partial charge in [-0.25, -0.2) is 0 Å². The van der Waals surface area contributed by atoms with Crippen molar-refractivity contribution in [3.8, 4) is 34.3 Å². The summed E-state index contributed by atoms with van der Waals surface area (Å²) in [6.45, 7) is 0. The Balaban J connectivity index is 1.64. The quantitative estimate of drug-likeness (QED) is 0.524. The van der Waals surface area contributed by atoms with Crippen LogP contribution in [0.15, 0.2) is 69.8 Å². The molecule has 2 aromatic carbocycles. The van der Waals surface area contributed by atoms with Gasteiger partial charge in [-0.1, -0.05) is 17.3 Å². The molecule has 1 N–H and O–H groups in total. The number of anilines is 1. The van der Waals surface area contributed by atoms with Crippen molar-refractivity contribution in [3.63, 3.8) is 0 Å². The molecular weight excluding hydrogens is 374 g/mol. The van der Waals surface area contributed by atoms with Gasteiger partial charge in [0.05, 0.1) is 31.7 Å². The van der Waals surface area contributed by atoms with Crippen molar-refractivity contribution >= 4 is 11.6 Å². The molecule has 2 aromatic heterocycles. The number of aromatic nitrogens is 2. The molecule has 0 aliphatic rings. The lowest BCUT2D eigenvalue weighted by molar-refractivity contribution is 0.0996. The number of nitrogens with one attached hydrogen (secondary N) is 1. The van der Waals surface area contributed by atoms with Crippen molar-refractivity contribution in [2.75, 3.05) is 19.5 Å². The first-order chi connectivity index (χ1) is 14.2. The number of rotatable bonds is 6. The molecule has 0 saturated carbocycles. The molecule has 0 saturated heterocycles. The van der Waals surface area contributed by atoms with E-state index in [-0.39, 0.29) is 17.6 Å². The summed E-state index contributed by atoms with van der Waals surface area (Å²) in [6, 6.07) is 15.7. The topological polar surface area (TPSA) is 99.6 Å². The molecule has 0 fully saturated rings. The summed E-state index contributed by atoms with van der Waals surface area (Å²) in [5.74, 6) is 1.64. The van der Waals surface area contributed by atoms with Gasteiger partial charge in [-0.3, -0.25) is 4.79 Å². The van der Waals surface area contributed by atoms with E-state index in [4.69, 9.17) is 18.4 Å². The van der Waals surface area contributed by atoms with Crippen molar-refractivity contribution in [1.82, 2.24) is 10.1 Å². The van der Waals surface area contributed by atoms with Gasteiger partial charge in [-0.15, -0.1) is 0 Å². The molecule has 0 bridgehead atoms. The number of para-hydroxylation sites is 1. The Morgan fingerprint density at radius 2 is 1.83 bits per heavy atom. The summed E-state index contributed by atoms with van der Waals surface area (Å²) < 4.78 is 21.1. The standard InChI is InChI=1S/C21H17N3O5/c1-26-16-10-9-13(12-18(16)27-2)19-23-21(29-24-19)14-6-3-4-7-15(14)22-20(25)17-8-5-11-28-17/h3-12H,1-2H3,(H,22,25). The first-order valence-corrected chi connectivity index (χ1v) is 8.70. The van der Waals surface area contributed by atoms with E-state index in [1.165, 1.54) is 6.26 Å². The molecule has 2 heterocycles. The highest BCUT2D eigenvalue weighted by Crippen LogP contribution is 2.33. The number of carbonyl (C=O) groups excluding carboxylic acids is 1. The second-order valence-electron chi connectivity index (χ2n) is 5.97. The van der Waals surface area contributed by atoms with Crippen LogP contribution in [-0.2, 0) is 0 Å². The fourth-order valence-corrected chi connectivity index (χ4v) is 2.80. The molecule has 0 radical (unpaired) electrons. The smallest absolute Gasteiger partial charge is 0.291 e. The number of methoxy groups -OCH3 is 2. The van der Waals surface area contributed by atoms with Crippen molar-refractivity contribution in [2.45, 2.75) is 0 Å². The van der Waals surface area contributed by atoms with Gasteiger partial charge >= 0.3 is 0 Å². The maximum Gasteiger partial charge on any atom is 0.291 e. The van der Waals surface area contributed by atoms with Crippen LogP contribution >= 0.6 is 0 Å². The summed E-state index contributed by atoms with van der Waals surface area (Å²) in [5, 5.41) is 6.85. The fraction of sp³-hybridized carbons (Fsp3) is 0.0952. The molecule has 0 aliphatic carbocycles. The molecule has 0 atom stereocenters. The average Bonchev–Trinajstić information content (AvgIpc) is 3.46. The third-order valence-corrected chi connectivity index (χ3v) is 4.22. The molecule has 4 aromatic rings. The minimum absolute atomic E-state index is 0.205. The predicted molar refractivity (Wildman–Crippen MR) is 105 cm³/mol. The van der Waals surface area contributed by atoms with E-state index in [2.05, 4.69) is 15.5 Å². The molecule has 8 nitrogen and oxygen atoms in total. The number of furan rings is 1. The van der Waals surface area contributed by atoms with E-state index >= 15 is 0 Å². The summed E-state index contributed by atoms with van der Waals surface area (Å²) in [6.07, 6.45) is 1.44. The first kappa shape index (κ1) is 18.3. The second kappa shape index (κ2) is 7.89. The van der Waals surface area contributed by atoms with Gasteiger partial charge in [0.1, 0.15) is 0 Å². The SMILES string of the molecule is COc1ccc(-c2noc(-c3ccccc3NC(=O)c3ccco3)n2)cc1OC. The van der Waals surface area contributed by atoms with Crippen molar-refractivity contribution in [3.05, 3.63) is 66.6 Å². The number of hydrogen-bond donors (Lipinski definition) is 1. The zero-order valence-corrected chi connectivity index (χ0v) is 15.7. The number of amides is 1. The number of carbonyl (C=O) groups is 1. The van der Waals surface area contributed by atoms with E-state index in [1.807, 2.05) is 6.07 Å². The van der Waals surface area contributed by atoms with Crippen LogP contribution < -0.4 is 14.8 Å². The van der Waals surface area contributed by atoms with E-state index < -0.39 is 0 Å². The van der Waals surface area contributed by atoms with Gasteiger partial charge in [-0.05, 0) is 42.5 Å². The average molecular weight is 391 g/mol. The van der Waals surface area contributed by atoms with Crippen LogP contribution in [0.25, 0.3) is 22.8 Å². The van der Waals surface area contributed by atoms with Crippen LogP contribution in [0.2, 0.25) is 0 Å². The fourth-order valence-electron chi connectivity index (χ4n) is 2.80. The van der Waals surface area contributed by atoms with Crippen LogP contribution in [0.1, 0.15) is 10.6 Å². The highest BCUT2D eigenvalue weighted by Gasteiger charge is 2.17. The van der Waals surface area contributed by atoms with Gasteiger partial charge in [0.25, 0.3) is 11.8 Å². The maximum absolute atomic E-state index is 12.3. The molecule has 4 rings (SSSR count). The Morgan fingerprint density at radius 3 is 2.59 bits per heavy atom. The molecule has 0 spiro atoms. The first-order valence-electron chi connectivity index (χ1n) is 8.70. The Kier molecular flexibility index (Phi) is 4.98. The Labute approximate surface area is 166 Å². The van der Waals surface area contributed by atoms with Crippen LogP contribution in [-0.4, -0.2) is 30.3 Å². The molecule has 0 aliphatic heterocycles. The third-order valence-electron chi connectivity index (χ3n) is 4.22. The van der Waals surface area contributed by atoms with Gasteiger partial charge in [0, 0.05) is 5.56 Å². The van der Waals surface area contributed by atoms with Gasteiger partial charge in [0.15, 0.2) is 17.3 Å². The Bertz CT molecular complexity index is 1130. The molecule has 146 valence electrons. The van der Waals surface area contributed by atoms with Crippen LogP contribution in [0.3, 0.4) is 0 Å². The summed E-state index contributed by atoms with van der Waals surface area (Å²) >= 11 is 0. The molecule has 29 heavy (non-hydrogen) atoms. The minimum atomic E-state index is -0.373. The van der Waals surface area contributed by atoms with E-state index in [9.17, 15) is 4.79 Å². The minimum Gasteiger partial charge on any atom is -0.493 e. The van der Waals surface area contributed by atoms with E-state index in [1.54, 1.807) is 62.8 Å². The van der Waals surface area contributed by atoms with E-state index in [0.29, 0.717) is 34.1 Å². The zero-order valence-electron chi connectivity index (χ0n) is 15.7. The monoisotopic (exact) mass is 391 g/mol. The number of nitrogens with zero attached hydrogens (tertiary/aromatic N) is 2. The maximum atomic E-state index is 12.3. The predicted octanol–water partition coefficient (Wildman–Crippen LogP) is 4.27. The number of benzene rings is 2.